The number of carbonyl (C=O) groups is 5. The van der Waals surface area contributed by atoms with Crippen molar-refractivity contribution in [2.75, 3.05) is 6.54 Å². The maximum Gasteiger partial charge on any atom is 0.418 e. The van der Waals surface area contributed by atoms with Crippen LogP contribution in [0, 0.1) is 11.8 Å². The van der Waals surface area contributed by atoms with Gasteiger partial charge >= 0.3 is 6.18 Å². The highest BCUT2D eigenvalue weighted by Crippen LogP contribution is 2.33. The van der Waals surface area contributed by atoms with Gasteiger partial charge < -0.3 is 37.4 Å². The van der Waals surface area contributed by atoms with E-state index in [1.54, 1.807) is 74.5 Å². The van der Waals surface area contributed by atoms with Crippen LogP contribution in [-0.2, 0) is 30.4 Å². The molecule has 4 rings (SSSR count). The van der Waals surface area contributed by atoms with Crippen molar-refractivity contribution >= 4 is 29.5 Å². The summed E-state index contributed by atoms with van der Waals surface area (Å²) < 4.78 is 39.9. The van der Waals surface area contributed by atoms with Crippen LogP contribution in [-0.4, -0.2) is 77.6 Å². The minimum atomic E-state index is -4.91. The van der Waals surface area contributed by atoms with Gasteiger partial charge in [0.1, 0.15) is 30.2 Å². The van der Waals surface area contributed by atoms with Crippen molar-refractivity contribution in [3.63, 3.8) is 0 Å². The van der Waals surface area contributed by atoms with Crippen molar-refractivity contribution < 1.29 is 42.3 Å². The third-order valence-electron chi connectivity index (χ3n) is 10.1. The van der Waals surface area contributed by atoms with Crippen LogP contribution in [0.1, 0.15) is 87.7 Å². The summed E-state index contributed by atoms with van der Waals surface area (Å²) in [4.78, 5) is 71.4. The number of hydrogen-bond acceptors (Lipinski definition) is 7. The van der Waals surface area contributed by atoms with Gasteiger partial charge in [-0.2, -0.15) is 13.2 Å². The number of amides is 5. The van der Waals surface area contributed by atoms with Crippen molar-refractivity contribution in [3.8, 4) is 0 Å². The van der Waals surface area contributed by atoms with E-state index in [0.29, 0.717) is 36.1 Å². The lowest BCUT2D eigenvalue weighted by atomic mass is 9.84. The second kappa shape index (κ2) is 20.9. The summed E-state index contributed by atoms with van der Waals surface area (Å²) in [5, 5.41) is 23.8. The summed E-state index contributed by atoms with van der Waals surface area (Å²) in [7, 11) is 0. The number of unbranched alkanes of at least 4 members (excludes halogenated alkanes) is 1. The molecule has 3 aromatic rings. The number of benzene rings is 3. The lowest BCUT2D eigenvalue weighted by molar-refractivity contribution is -0.206. The van der Waals surface area contributed by atoms with Gasteiger partial charge in [-0.05, 0) is 66.3 Å². The first-order valence-corrected chi connectivity index (χ1v) is 19.7. The van der Waals surface area contributed by atoms with E-state index in [9.17, 15) is 42.3 Å². The molecule has 0 bridgehead atoms. The Balaban J connectivity index is 1.88. The zero-order valence-corrected chi connectivity index (χ0v) is 33.2. The molecule has 1 aliphatic rings. The number of hydrogen-bond donors (Lipinski definition) is 7. The van der Waals surface area contributed by atoms with Gasteiger partial charge in [0.05, 0.1) is 0 Å². The number of nitrogens with two attached hydrogens (primary N) is 1. The minimum Gasteiger partial charge on any atom is -0.379 e. The second-order valence-corrected chi connectivity index (χ2v) is 15.5. The van der Waals surface area contributed by atoms with Crippen molar-refractivity contribution in [2.45, 2.75) is 108 Å². The first-order chi connectivity index (χ1) is 27.5. The molecule has 1 saturated heterocycles. The smallest absolute Gasteiger partial charge is 0.379 e. The lowest BCUT2D eigenvalue weighted by Crippen LogP contribution is -2.60. The first kappa shape index (κ1) is 45.4. The summed E-state index contributed by atoms with van der Waals surface area (Å²) in [6.07, 6.45) is -6.58. The number of carbonyl (C=O) groups excluding carboxylic acids is 5. The van der Waals surface area contributed by atoms with Crippen molar-refractivity contribution in [3.05, 3.63) is 107 Å². The number of nitrogens with one attached hydrogen (secondary N) is 5. The maximum absolute atomic E-state index is 14.8. The molecule has 15 heteroatoms. The highest BCUT2D eigenvalue weighted by Gasteiger charge is 2.41. The molecule has 0 radical (unpaired) electrons. The van der Waals surface area contributed by atoms with Crippen LogP contribution >= 0.6 is 0 Å². The van der Waals surface area contributed by atoms with Crippen molar-refractivity contribution in [2.24, 2.45) is 17.6 Å². The van der Waals surface area contributed by atoms with Crippen LogP contribution in [0.3, 0.4) is 0 Å². The maximum atomic E-state index is 14.8. The van der Waals surface area contributed by atoms with Gasteiger partial charge in [0.25, 0.3) is 0 Å². The zero-order chi connectivity index (χ0) is 42.6. The van der Waals surface area contributed by atoms with Crippen LogP contribution in [0.15, 0.2) is 84.9 Å². The fraction of sp³-hybridized carbons (Fsp3) is 0.465. The molecule has 1 unspecified atom stereocenters. The quantitative estimate of drug-likeness (QED) is 0.127. The van der Waals surface area contributed by atoms with Gasteiger partial charge in [0.2, 0.25) is 29.5 Å². The van der Waals surface area contributed by atoms with Crippen LogP contribution in [0.25, 0.3) is 0 Å². The van der Waals surface area contributed by atoms with Crippen LogP contribution in [0.5, 0.6) is 0 Å². The molecule has 314 valence electrons. The molecule has 0 saturated carbocycles. The van der Waals surface area contributed by atoms with E-state index in [2.05, 4.69) is 26.6 Å². The summed E-state index contributed by atoms with van der Waals surface area (Å²) in [6.45, 7) is 7.54. The molecule has 1 fully saturated rings. The van der Waals surface area contributed by atoms with Crippen molar-refractivity contribution in [1.82, 2.24) is 26.6 Å². The van der Waals surface area contributed by atoms with Crippen molar-refractivity contribution in [1.29, 1.82) is 0 Å². The van der Waals surface area contributed by atoms with Gasteiger partial charge in [-0.25, -0.2) is 0 Å². The molecule has 0 aromatic heterocycles. The SMILES string of the molecule is CC(C)C[C@@H]1NC(=O)[C@H](CCCCN)NC(=O)[C@H](Cc2ccc(C(O)C(F)(F)F)cc2)NC(=O)[C@H](C(c2ccccc2)c2ccccc2)NC(=O)[C@H](C(C)C)NC1=O. The second-order valence-electron chi connectivity index (χ2n) is 15.5. The van der Waals surface area contributed by atoms with E-state index >= 15 is 0 Å². The Kier molecular flexibility index (Phi) is 16.4. The highest BCUT2D eigenvalue weighted by atomic mass is 19.4. The minimum absolute atomic E-state index is 0.0635. The lowest BCUT2D eigenvalue weighted by Gasteiger charge is -2.32. The van der Waals surface area contributed by atoms with Gasteiger partial charge in [0.15, 0.2) is 6.10 Å². The Hall–Kier alpha value is -5.28. The molecule has 1 heterocycles. The average molecular weight is 809 g/mol. The van der Waals surface area contributed by atoms with Crippen LogP contribution < -0.4 is 32.3 Å². The molecule has 0 aliphatic carbocycles. The molecule has 12 nitrogen and oxygen atoms in total. The fourth-order valence-corrected chi connectivity index (χ4v) is 6.97. The first-order valence-electron chi connectivity index (χ1n) is 19.7. The predicted octanol–water partition coefficient (Wildman–Crippen LogP) is 3.93. The van der Waals surface area contributed by atoms with E-state index in [1.165, 1.54) is 12.1 Å². The van der Waals surface area contributed by atoms with Crippen LogP contribution in [0.2, 0.25) is 0 Å². The number of halogens is 3. The highest BCUT2D eigenvalue weighted by molar-refractivity contribution is 5.98. The summed E-state index contributed by atoms with van der Waals surface area (Å²) in [5.41, 5.74) is 6.96. The topological polar surface area (TPSA) is 192 Å². The van der Waals surface area contributed by atoms with Gasteiger partial charge in [0, 0.05) is 12.3 Å². The zero-order valence-electron chi connectivity index (χ0n) is 33.2. The Morgan fingerprint density at radius 1 is 0.603 bits per heavy atom. The Morgan fingerprint density at radius 2 is 1.09 bits per heavy atom. The summed E-state index contributed by atoms with van der Waals surface area (Å²) in [5.74, 6) is -4.85. The number of aliphatic hydroxyl groups is 1. The number of aliphatic hydroxyl groups excluding tert-OH is 1. The molecule has 58 heavy (non-hydrogen) atoms. The molecular weight excluding hydrogens is 754 g/mol. The van der Waals surface area contributed by atoms with E-state index in [0.717, 1.165) is 12.1 Å². The Bertz CT molecular complexity index is 1790. The van der Waals surface area contributed by atoms with E-state index in [4.69, 9.17) is 5.73 Å². The normalized spacial score (nSPS) is 22.0. The molecule has 8 N–H and O–H groups in total. The Labute approximate surface area is 337 Å². The molecule has 0 spiro atoms. The number of rotatable bonds is 13. The molecular formula is C43H55F3N6O6. The third kappa shape index (κ3) is 12.6. The standard InChI is InChI=1S/C43H55F3N6O6/c1-25(2)23-32-40(56)51-35(26(3)4)41(57)52-36(34(28-13-7-5-8-14-28)29-15-9-6-10-16-29)42(58)50-33(39(55)48-31(38(54)49-32)17-11-12-22-47)24-27-18-20-30(21-19-27)37(53)43(44,45)46/h5-10,13-16,18-21,25-26,31-37,53H,11-12,17,22-24,47H2,1-4H3,(H,48,55)(H,49,54)(H,50,58)(H,51,56)(H,52,57)/t31-,32-,33-,35-,36-,37?/m0/s1. The predicted molar refractivity (Wildman–Crippen MR) is 213 cm³/mol. The molecule has 3 aromatic carbocycles. The number of alkyl halides is 3. The molecule has 6 atom stereocenters. The largest absolute Gasteiger partial charge is 0.418 e. The third-order valence-corrected chi connectivity index (χ3v) is 10.1. The molecule has 1 aliphatic heterocycles. The Morgan fingerprint density at radius 3 is 1.60 bits per heavy atom. The van der Waals surface area contributed by atoms with Gasteiger partial charge in [-0.1, -0.05) is 113 Å². The van der Waals surface area contributed by atoms with Crippen LogP contribution in [0.4, 0.5) is 13.2 Å². The summed E-state index contributed by atoms with van der Waals surface area (Å²) >= 11 is 0. The summed E-state index contributed by atoms with van der Waals surface area (Å²) in [6, 6.07) is 16.5. The fourth-order valence-electron chi connectivity index (χ4n) is 6.97. The molecule has 5 amide bonds. The van der Waals surface area contributed by atoms with Gasteiger partial charge in [-0.3, -0.25) is 24.0 Å². The van der Waals surface area contributed by atoms with Gasteiger partial charge in [-0.15, -0.1) is 0 Å². The van der Waals surface area contributed by atoms with E-state index in [-0.39, 0.29) is 25.2 Å². The monoisotopic (exact) mass is 808 g/mol. The van der Waals surface area contributed by atoms with E-state index in [1.807, 2.05) is 13.8 Å². The van der Waals surface area contributed by atoms with E-state index < -0.39 is 89.4 Å². The average Bonchev–Trinajstić information content (AvgIpc) is 3.18.